The number of rotatable bonds is 1. The van der Waals surface area contributed by atoms with E-state index in [0.717, 1.165) is 5.56 Å². The van der Waals surface area contributed by atoms with Crippen LogP contribution in [0.25, 0.3) is 0 Å². The Kier molecular flexibility index (Phi) is 1.85. The normalized spacial score (nSPS) is 21.2. The summed E-state index contributed by atoms with van der Waals surface area (Å²) in [6.07, 6.45) is 0. The third-order valence-electron chi connectivity index (χ3n) is 2.07. The van der Waals surface area contributed by atoms with Crippen molar-refractivity contribution >= 4 is 11.7 Å². The largest absolute Gasteiger partial charge is 0.343 e. The van der Waals surface area contributed by atoms with Gasteiger partial charge in [-0.15, -0.1) is 0 Å². The van der Waals surface area contributed by atoms with Gasteiger partial charge in [0, 0.05) is 5.56 Å². The first kappa shape index (κ1) is 7.98. The van der Waals surface area contributed by atoms with Crippen LogP contribution in [0, 0.1) is 5.92 Å². The van der Waals surface area contributed by atoms with Gasteiger partial charge in [0.2, 0.25) is 0 Å². The average Bonchev–Trinajstić information content (AvgIpc) is 2.49. The van der Waals surface area contributed by atoms with Crippen LogP contribution < -0.4 is 0 Å². The summed E-state index contributed by atoms with van der Waals surface area (Å²) >= 11 is 0. The Balaban J connectivity index is 2.34. The molecule has 0 N–H and O–H groups in total. The van der Waals surface area contributed by atoms with E-state index in [1.165, 1.54) is 0 Å². The molecule has 2 rings (SSSR count). The maximum atomic E-state index is 11.0. The van der Waals surface area contributed by atoms with E-state index < -0.39 is 0 Å². The van der Waals surface area contributed by atoms with Crippen molar-refractivity contribution in [3.63, 3.8) is 0 Å². The molecule has 0 unspecified atom stereocenters. The second-order valence-electron chi connectivity index (χ2n) is 2.97. The molecule has 0 saturated carbocycles. The molecule has 66 valence electrons. The van der Waals surface area contributed by atoms with E-state index in [9.17, 15) is 4.79 Å². The van der Waals surface area contributed by atoms with E-state index in [2.05, 4.69) is 9.99 Å². The van der Waals surface area contributed by atoms with Gasteiger partial charge in [0.25, 0.3) is 0 Å². The van der Waals surface area contributed by atoms with E-state index in [1.807, 2.05) is 30.3 Å². The highest BCUT2D eigenvalue weighted by Gasteiger charge is 2.28. The summed E-state index contributed by atoms with van der Waals surface area (Å²) in [6.45, 7) is 1.79. The SMILES string of the molecule is C[C@@H]1C(=O)ON=C1c1ccccc1. The van der Waals surface area contributed by atoms with Crippen molar-refractivity contribution in [1.82, 2.24) is 0 Å². The number of hydrogen-bond donors (Lipinski definition) is 0. The van der Waals surface area contributed by atoms with Gasteiger partial charge in [-0.1, -0.05) is 35.5 Å². The monoisotopic (exact) mass is 175 g/mol. The third kappa shape index (κ3) is 1.33. The van der Waals surface area contributed by atoms with Crippen molar-refractivity contribution in [2.24, 2.45) is 11.1 Å². The van der Waals surface area contributed by atoms with Gasteiger partial charge >= 0.3 is 5.97 Å². The first-order chi connectivity index (χ1) is 6.29. The highest BCUT2D eigenvalue weighted by Crippen LogP contribution is 2.17. The predicted octanol–water partition coefficient (Wildman–Crippen LogP) is 1.58. The smallest absolute Gasteiger partial charge is 0.317 e. The van der Waals surface area contributed by atoms with Crippen molar-refractivity contribution < 1.29 is 9.63 Å². The molecule has 0 aliphatic carbocycles. The lowest BCUT2D eigenvalue weighted by Gasteiger charge is -2.00. The van der Waals surface area contributed by atoms with E-state index in [0.29, 0.717) is 5.71 Å². The standard InChI is InChI=1S/C10H9NO2/c1-7-9(11-13-10(7)12)8-5-3-2-4-6-8/h2-7H,1H3/t7-/m0/s1. The number of nitrogens with zero attached hydrogens (tertiary/aromatic N) is 1. The molecule has 13 heavy (non-hydrogen) atoms. The minimum absolute atomic E-state index is 0.248. The second kappa shape index (κ2) is 3.01. The average molecular weight is 175 g/mol. The van der Waals surface area contributed by atoms with Crippen molar-refractivity contribution in [3.05, 3.63) is 35.9 Å². The molecule has 0 saturated heterocycles. The lowest BCUT2D eigenvalue weighted by Crippen LogP contribution is -2.14. The van der Waals surface area contributed by atoms with Crippen LogP contribution in [-0.2, 0) is 9.63 Å². The molecule has 0 aromatic heterocycles. The highest BCUT2D eigenvalue weighted by atomic mass is 16.7. The van der Waals surface area contributed by atoms with E-state index in [4.69, 9.17) is 0 Å². The first-order valence-corrected chi connectivity index (χ1v) is 4.13. The minimum atomic E-state index is -0.279. The van der Waals surface area contributed by atoms with Crippen LogP contribution in [0.1, 0.15) is 12.5 Å². The second-order valence-corrected chi connectivity index (χ2v) is 2.97. The maximum Gasteiger partial charge on any atom is 0.343 e. The molecule has 3 nitrogen and oxygen atoms in total. The van der Waals surface area contributed by atoms with Crippen molar-refractivity contribution in [1.29, 1.82) is 0 Å². The molecular weight excluding hydrogens is 166 g/mol. The van der Waals surface area contributed by atoms with Crippen LogP contribution in [-0.4, -0.2) is 11.7 Å². The predicted molar refractivity (Wildman–Crippen MR) is 48.2 cm³/mol. The van der Waals surface area contributed by atoms with Crippen molar-refractivity contribution in [2.45, 2.75) is 6.92 Å². The summed E-state index contributed by atoms with van der Waals surface area (Å²) in [6, 6.07) is 9.57. The van der Waals surface area contributed by atoms with Crippen LogP contribution in [0.3, 0.4) is 0 Å². The third-order valence-corrected chi connectivity index (χ3v) is 2.07. The van der Waals surface area contributed by atoms with Crippen LogP contribution in [0.5, 0.6) is 0 Å². The van der Waals surface area contributed by atoms with Gasteiger partial charge in [-0.3, -0.25) is 0 Å². The fourth-order valence-corrected chi connectivity index (χ4v) is 1.28. The zero-order valence-electron chi connectivity index (χ0n) is 7.23. The van der Waals surface area contributed by atoms with Gasteiger partial charge in [0.05, 0.1) is 0 Å². The Morgan fingerprint density at radius 3 is 2.54 bits per heavy atom. The van der Waals surface area contributed by atoms with Gasteiger partial charge in [-0.2, -0.15) is 0 Å². The van der Waals surface area contributed by atoms with Gasteiger partial charge in [-0.25, -0.2) is 4.79 Å². The Morgan fingerprint density at radius 2 is 2.00 bits per heavy atom. The summed E-state index contributed by atoms with van der Waals surface area (Å²) < 4.78 is 0. The molecule has 1 aliphatic rings. The molecule has 1 atom stereocenters. The van der Waals surface area contributed by atoms with Gasteiger partial charge in [0.1, 0.15) is 11.6 Å². The molecule has 1 aromatic carbocycles. The molecule has 0 amide bonds. The quantitative estimate of drug-likeness (QED) is 0.608. The molecular formula is C10H9NO2. The Hall–Kier alpha value is -1.64. The summed E-state index contributed by atoms with van der Waals surface area (Å²) in [5.74, 6) is -0.527. The Bertz CT molecular complexity index is 356. The lowest BCUT2D eigenvalue weighted by atomic mass is 9.99. The molecule has 1 heterocycles. The van der Waals surface area contributed by atoms with E-state index in [1.54, 1.807) is 6.92 Å². The van der Waals surface area contributed by atoms with Gasteiger partial charge in [-0.05, 0) is 6.92 Å². The molecule has 0 spiro atoms. The van der Waals surface area contributed by atoms with Crippen molar-refractivity contribution in [2.75, 3.05) is 0 Å². The first-order valence-electron chi connectivity index (χ1n) is 4.13. The molecule has 3 heteroatoms. The fraction of sp³-hybridized carbons (Fsp3) is 0.200. The van der Waals surface area contributed by atoms with Gasteiger partial charge in [0.15, 0.2) is 0 Å². The number of carbonyl (C=O) groups excluding carboxylic acids is 1. The molecule has 1 aliphatic heterocycles. The fourth-order valence-electron chi connectivity index (χ4n) is 1.28. The van der Waals surface area contributed by atoms with E-state index >= 15 is 0 Å². The van der Waals surface area contributed by atoms with E-state index in [-0.39, 0.29) is 11.9 Å². The Labute approximate surface area is 76.0 Å². The zero-order valence-corrected chi connectivity index (χ0v) is 7.23. The molecule has 0 fully saturated rings. The highest BCUT2D eigenvalue weighted by molar-refractivity contribution is 6.13. The summed E-state index contributed by atoms with van der Waals surface area (Å²) in [5.41, 5.74) is 1.66. The van der Waals surface area contributed by atoms with Crippen LogP contribution in [0.2, 0.25) is 0 Å². The van der Waals surface area contributed by atoms with Crippen LogP contribution >= 0.6 is 0 Å². The number of oxime groups is 1. The summed E-state index contributed by atoms with van der Waals surface area (Å²) in [7, 11) is 0. The van der Waals surface area contributed by atoms with Crippen LogP contribution in [0.15, 0.2) is 35.5 Å². The molecule has 0 radical (unpaired) electrons. The van der Waals surface area contributed by atoms with Crippen LogP contribution in [0.4, 0.5) is 0 Å². The molecule has 1 aromatic rings. The van der Waals surface area contributed by atoms with Gasteiger partial charge < -0.3 is 4.84 Å². The Morgan fingerprint density at radius 1 is 1.31 bits per heavy atom. The minimum Gasteiger partial charge on any atom is -0.317 e. The number of hydrogen-bond acceptors (Lipinski definition) is 3. The maximum absolute atomic E-state index is 11.0. The topological polar surface area (TPSA) is 38.7 Å². The summed E-state index contributed by atoms with van der Waals surface area (Å²) in [4.78, 5) is 15.6. The summed E-state index contributed by atoms with van der Waals surface area (Å²) in [5, 5.41) is 3.74. The number of benzene rings is 1. The number of carbonyl (C=O) groups is 1. The lowest BCUT2D eigenvalue weighted by molar-refractivity contribution is -0.142. The molecule has 0 bridgehead atoms. The van der Waals surface area contributed by atoms with Crippen molar-refractivity contribution in [3.8, 4) is 0 Å². The zero-order chi connectivity index (χ0) is 9.26.